The number of thioether (sulfide) groups is 1. The highest BCUT2D eigenvalue weighted by atomic mass is 32.2. The smallest absolute Gasteiger partial charge is 0.238 e. The highest BCUT2D eigenvalue weighted by Crippen LogP contribution is 2.26. The molecule has 5 nitrogen and oxygen atoms in total. The second kappa shape index (κ2) is 6.81. The first-order valence-electron chi connectivity index (χ1n) is 6.85. The van der Waals surface area contributed by atoms with Gasteiger partial charge in [0.25, 0.3) is 0 Å². The SMILES string of the molecule is CN(C(=O)CC1CCSCC1)c1ccc(S(N)(=O)=O)cc1. The van der Waals surface area contributed by atoms with Crippen LogP contribution >= 0.6 is 11.8 Å². The van der Waals surface area contributed by atoms with Crippen molar-refractivity contribution in [1.29, 1.82) is 0 Å². The molecule has 1 amide bonds. The summed E-state index contributed by atoms with van der Waals surface area (Å²) in [6.45, 7) is 0. The Morgan fingerprint density at radius 3 is 2.38 bits per heavy atom. The Kier molecular flexibility index (Phi) is 5.29. The van der Waals surface area contributed by atoms with Gasteiger partial charge in [0.2, 0.25) is 15.9 Å². The van der Waals surface area contributed by atoms with Crippen LogP contribution in [0.4, 0.5) is 5.69 Å². The van der Waals surface area contributed by atoms with Crippen molar-refractivity contribution >= 4 is 33.4 Å². The average molecular weight is 328 g/mol. The summed E-state index contributed by atoms with van der Waals surface area (Å²) >= 11 is 1.94. The molecule has 0 saturated carbocycles. The number of primary sulfonamides is 1. The maximum absolute atomic E-state index is 12.3. The fourth-order valence-electron chi connectivity index (χ4n) is 2.34. The number of anilines is 1. The molecule has 0 radical (unpaired) electrons. The van der Waals surface area contributed by atoms with Gasteiger partial charge in [0.05, 0.1) is 4.90 Å². The first-order valence-corrected chi connectivity index (χ1v) is 9.55. The molecular weight excluding hydrogens is 308 g/mol. The number of carbonyl (C=O) groups excluding carboxylic acids is 1. The molecule has 1 aliphatic rings. The molecule has 1 aromatic carbocycles. The molecule has 2 rings (SSSR count). The van der Waals surface area contributed by atoms with Gasteiger partial charge in [-0.3, -0.25) is 4.79 Å². The average Bonchev–Trinajstić information content (AvgIpc) is 2.46. The number of nitrogens with two attached hydrogens (primary N) is 1. The van der Waals surface area contributed by atoms with Crippen LogP contribution in [0.15, 0.2) is 29.2 Å². The molecule has 1 saturated heterocycles. The number of sulfonamides is 1. The lowest BCUT2D eigenvalue weighted by Gasteiger charge is -2.24. The second-order valence-electron chi connectivity index (χ2n) is 5.25. The van der Waals surface area contributed by atoms with Crippen LogP contribution in [0.1, 0.15) is 19.3 Å². The molecule has 2 N–H and O–H groups in total. The maximum atomic E-state index is 12.3. The standard InChI is InChI=1S/C14H20N2O3S2/c1-16(14(17)10-11-6-8-20-9-7-11)12-2-4-13(5-3-12)21(15,18)19/h2-5,11H,6-10H2,1H3,(H2,15,18,19). The molecular formula is C14H20N2O3S2. The van der Waals surface area contributed by atoms with E-state index in [1.165, 1.54) is 12.1 Å². The highest BCUT2D eigenvalue weighted by Gasteiger charge is 2.20. The summed E-state index contributed by atoms with van der Waals surface area (Å²) in [6.07, 6.45) is 2.73. The fraction of sp³-hybridized carbons (Fsp3) is 0.500. The van der Waals surface area contributed by atoms with Gasteiger partial charge < -0.3 is 4.90 Å². The summed E-state index contributed by atoms with van der Waals surface area (Å²) in [6, 6.07) is 6.06. The first kappa shape index (κ1) is 16.3. The monoisotopic (exact) mass is 328 g/mol. The van der Waals surface area contributed by atoms with Crippen LogP contribution in [0.2, 0.25) is 0 Å². The van der Waals surface area contributed by atoms with E-state index in [0.717, 1.165) is 24.3 Å². The molecule has 1 heterocycles. The molecule has 0 spiro atoms. The maximum Gasteiger partial charge on any atom is 0.238 e. The minimum absolute atomic E-state index is 0.0522. The van der Waals surface area contributed by atoms with Gasteiger partial charge in [-0.25, -0.2) is 13.6 Å². The molecule has 116 valence electrons. The number of nitrogens with zero attached hydrogens (tertiary/aromatic N) is 1. The normalized spacial score (nSPS) is 16.7. The third-order valence-electron chi connectivity index (χ3n) is 3.73. The van der Waals surface area contributed by atoms with E-state index in [2.05, 4.69) is 0 Å². The molecule has 0 bridgehead atoms. The molecule has 1 aliphatic heterocycles. The van der Waals surface area contributed by atoms with Gasteiger partial charge in [-0.05, 0) is 54.5 Å². The predicted molar refractivity (Wildman–Crippen MR) is 85.9 cm³/mol. The van der Waals surface area contributed by atoms with Crippen LogP contribution in [-0.2, 0) is 14.8 Å². The van der Waals surface area contributed by atoms with Gasteiger partial charge in [0.1, 0.15) is 0 Å². The minimum Gasteiger partial charge on any atom is -0.315 e. The van der Waals surface area contributed by atoms with Gasteiger partial charge >= 0.3 is 0 Å². The minimum atomic E-state index is -3.69. The predicted octanol–water partition coefficient (Wildman–Crippen LogP) is 1.83. The summed E-state index contributed by atoms with van der Waals surface area (Å²) in [7, 11) is -1.98. The van der Waals surface area contributed by atoms with E-state index in [1.54, 1.807) is 24.1 Å². The zero-order valence-electron chi connectivity index (χ0n) is 12.0. The van der Waals surface area contributed by atoms with Gasteiger partial charge in [0.15, 0.2) is 0 Å². The van der Waals surface area contributed by atoms with E-state index in [1.807, 2.05) is 11.8 Å². The number of hydrogen-bond donors (Lipinski definition) is 1. The molecule has 0 aliphatic carbocycles. The number of rotatable bonds is 4. The fourth-order valence-corrected chi connectivity index (χ4v) is 4.06. The lowest BCUT2D eigenvalue weighted by atomic mass is 9.98. The van der Waals surface area contributed by atoms with E-state index in [9.17, 15) is 13.2 Å². The summed E-state index contributed by atoms with van der Waals surface area (Å²) in [4.78, 5) is 13.9. The highest BCUT2D eigenvalue weighted by molar-refractivity contribution is 7.99. The van der Waals surface area contributed by atoms with Crippen LogP contribution in [0.25, 0.3) is 0 Å². The van der Waals surface area contributed by atoms with Crippen molar-refractivity contribution in [3.8, 4) is 0 Å². The van der Waals surface area contributed by atoms with Crippen LogP contribution in [-0.4, -0.2) is 32.9 Å². The summed E-state index contributed by atoms with van der Waals surface area (Å²) in [5, 5.41) is 5.06. The van der Waals surface area contributed by atoms with E-state index in [4.69, 9.17) is 5.14 Å². The van der Waals surface area contributed by atoms with Gasteiger partial charge in [-0.1, -0.05) is 0 Å². The lowest BCUT2D eigenvalue weighted by Crippen LogP contribution is -2.29. The molecule has 7 heteroatoms. The molecule has 0 atom stereocenters. The lowest BCUT2D eigenvalue weighted by molar-refractivity contribution is -0.119. The Balaban J connectivity index is 2.01. The zero-order chi connectivity index (χ0) is 15.5. The third kappa shape index (κ3) is 4.46. The van der Waals surface area contributed by atoms with Crippen molar-refractivity contribution in [2.45, 2.75) is 24.2 Å². The number of carbonyl (C=O) groups is 1. The van der Waals surface area contributed by atoms with Crippen LogP contribution in [0.5, 0.6) is 0 Å². The van der Waals surface area contributed by atoms with E-state index < -0.39 is 10.0 Å². The van der Waals surface area contributed by atoms with Gasteiger partial charge in [0, 0.05) is 19.2 Å². The Morgan fingerprint density at radius 2 is 1.86 bits per heavy atom. The van der Waals surface area contributed by atoms with Crippen molar-refractivity contribution in [3.63, 3.8) is 0 Å². The first-order chi connectivity index (χ1) is 9.88. The molecule has 0 unspecified atom stereocenters. The Labute approximate surface area is 129 Å². The summed E-state index contributed by atoms with van der Waals surface area (Å²) < 4.78 is 22.4. The molecule has 1 aromatic rings. The topological polar surface area (TPSA) is 80.5 Å². The van der Waals surface area contributed by atoms with Crippen molar-refractivity contribution in [2.75, 3.05) is 23.5 Å². The summed E-state index contributed by atoms with van der Waals surface area (Å²) in [5.74, 6) is 2.79. The Morgan fingerprint density at radius 1 is 1.29 bits per heavy atom. The van der Waals surface area contributed by atoms with Crippen LogP contribution in [0, 0.1) is 5.92 Å². The molecule has 1 fully saturated rings. The second-order valence-corrected chi connectivity index (χ2v) is 8.04. The largest absolute Gasteiger partial charge is 0.315 e. The van der Waals surface area contributed by atoms with Crippen molar-refractivity contribution in [3.05, 3.63) is 24.3 Å². The Hall–Kier alpha value is -1.05. The van der Waals surface area contributed by atoms with Gasteiger partial charge in [-0.15, -0.1) is 0 Å². The van der Waals surface area contributed by atoms with Crippen molar-refractivity contribution in [1.82, 2.24) is 0 Å². The van der Waals surface area contributed by atoms with Crippen molar-refractivity contribution in [2.24, 2.45) is 11.1 Å². The molecule has 21 heavy (non-hydrogen) atoms. The number of amides is 1. The number of benzene rings is 1. The Bertz CT molecular complexity index is 593. The van der Waals surface area contributed by atoms with Crippen LogP contribution in [0.3, 0.4) is 0 Å². The summed E-state index contributed by atoms with van der Waals surface area (Å²) in [5.41, 5.74) is 0.678. The zero-order valence-corrected chi connectivity index (χ0v) is 13.6. The molecule has 0 aromatic heterocycles. The van der Waals surface area contributed by atoms with Crippen molar-refractivity contribution < 1.29 is 13.2 Å². The quantitative estimate of drug-likeness (QED) is 0.914. The van der Waals surface area contributed by atoms with Crippen LogP contribution < -0.4 is 10.0 Å². The number of hydrogen-bond acceptors (Lipinski definition) is 4. The van der Waals surface area contributed by atoms with E-state index in [0.29, 0.717) is 18.0 Å². The van der Waals surface area contributed by atoms with E-state index >= 15 is 0 Å². The third-order valence-corrected chi connectivity index (χ3v) is 5.71. The van der Waals surface area contributed by atoms with E-state index in [-0.39, 0.29) is 10.8 Å². The van der Waals surface area contributed by atoms with Gasteiger partial charge in [-0.2, -0.15) is 11.8 Å².